The largest absolute Gasteiger partial charge is 0.490 e. The first-order chi connectivity index (χ1) is 7.70. The number of nitrogens with two attached hydrogens (primary N) is 1. The van der Waals surface area contributed by atoms with E-state index in [9.17, 15) is 4.79 Å². The Morgan fingerprint density at radius 1 is 1.50 bits per heavy atom. The summed E-state index contributed by atoms with van der Waals surface area (Å²) in [7, 11) is 2.00. The van der Waals surface area contributed by atoms with Gasteiger partial charge in [-0.2, -0.15) is 0 Å². The Morgan fingerprint density at radius 2 is 2.22 bits per heavy atom. The number of carbonyl (C=O) groups excluding carboxylic acids is 1. The molecule has 1 aromatic carbocycles. The minimum absolute atomic E-state index is 0. The van der Waals surface area contributed by atoms with E-state index in [0.717, 1.165) is 23.7 Å². The number of likely N-dealkylation sites (N-methyl/N-ethyl adjacent to an activating group) is 1. The number of halogens is 2. The Bertz CT molecular complexity index is 415. The molecule has 2 rings (SSSR count). The molecule has 0 saturated heterocycles. The first-order valence-electron chi connectivity index (χ1n) is 5.18. The zero-order valence-electron chi connectivity index (χ0n) is 10.0. The maximum absolute atomic E-state index is 11.1. The molecule has 0 radical (unpaired) electrons. The molecule has 7 heteroatoms. The van der Waals surface area contributed by atoms with Gasteiger partial charge >= 0.3 is 0 Å². The van der Waals surface area contributed by atoms with Gasteiger partial charge in [-0.3, -0.25) is 4.79 Å². The fourth-order valence-corrected chi connectivity index (χ4v) is 1.64. The number of hydrogen-bond acceptors (Lipinski definition) is 4. The van der Waals surface area contributed by atoms with Gasteiger partial charge < -0.3 is 20.7 Å². The summed E-state index contributed by atoms with van der Waals surface area (Å²) in [6, 6.07) is 5.56. The summed E-state index contributed by atoms with van der Waals surface area (Å²) in [6.45, 7) is 1.53. The van der Waals surface area contributed by atoms with Gasteiger partial charge in [0.05, 0.1) is 18.8 Å². The van der Waals surface area contributed by atoms with Crippen LogP contribution in [-0.4, -0.2) is 32.7 Å². The summed E-state index contributed by atoms with van der Waals surface area (Å²) in [6.07, 6.45) is 0. The molecule has 5 nitrogen and oxygen atoms in total. The van der Waals surface area contributed by atoms with Gasteiger partial charge in [-0.1, -0.05) is 0 Å². The minimum atomic E-state index is -0.195. The second-order valence-corrected chi connectivity index (χ2v) is 3.70. The van der Waals surface area contributed by atoms with Gasteiger partial charge in [0, 0.05) is 12.7 Å². The monoisotopic (exact) mass is 293 g/mol. The minimum Gasteiger partial charge on any atom is -0.490 e. The van der Waals surface area contributed by atoms with E-state index < -0.39 is 0 Å². The summed E-state index contributed by atoms with van der Waals surface area (Å²) in [5.74, 6) is 0.652. The molecule has 0 fully saturated rings. The number of nitrogens with one attached hydrogen (secondary N) is 1. The molecule has 0 atom stereocenters. The fourth-order valence-electron chi connectivity index (χ4n) is 1.64. The van der Waals surface area contributed by atoms with Crippen molar-refractivity contribution in [3.05, 3.63) is 18.2 Å². The summed E-state index contributed by atoms with van der Waals surface area (Å²) >= 11 is 0. The SMILES string of the molecule is CN1CCOc2ccc(NC(=O)CN)cc21.Cl.Cl. The van der Waals surface area contributed by atoms with Crippen LogP contribution in [0.2, 0.25) is 0 Å². The number of amides is 1. The third-order valence-electron chi connectivity index (χ3n) is 2.52. The van der Waals surface area contributed by atoms with E-state index in [1.165, 1.54) is 0 Å². The topological polar surface area (TPSA) is 67.6 Å². The van der Waals surface area contributed by atoms with Crippen LogP contribution in [0.25, 0.3) is 0 Å². The molecule has 0 aromatic heterocycles. The molecule has 102 valence electrons. The average molecular weight is 294 g/mol. The van der Waals surface area contributed by atoms with E-state index in [4.69, 9.17) is 10.5 Å². The molecule has 1 aromatic rings. The molecule has 0 bridgehead atoms. The van der Waals surface area contributed by atoms with E-state index in [-0.39, 0.29) is 37.3 Å². The smallest absolute Gasteiger partial charge is 0.238 e. The summed E-state index contributed by atoms with van der Waals surface area (Å²) in [5, 5.41) is 2.72. The molecule has 1 amide bonds. The first kappa shape index (κ1) is 16.8. The van der Waals surface area contributed by atoms with E-state index >= 15 is 0 Å². The Hall–Kier alpha value is -1.17. The van der Waals surface area contributed by atoms with Crippen LogP contribution in [0, 0.1) is 0 Å². The van der Waals surface area contributed by atoms with Crippen LogP contribution in [0.5, 0.6) is 5.75 Å². The van der Waals surface area contributed by atoms with E-state index in [1.54, 1.807) is 0 Å². The average Bonchev–Trinajstić information content (AvgIpc) is 2.30. The fraction of sp³-hybridized carbons (Fsp3) is 0.364. The summed E-state index contributed by atoms with van der Waals surface area (Å²) < 4.78 is 5.50. The van der Waals surface area contributed by atoms with Crippen LogP contribution in [0.1, 0.15) is 0 Å². The molecule has 18 heavy (non-hydrogen) atoms. The van der Waals surface area contributed by atoms with Crippen LogP contribution in [0.3, 0.4) is 0 Å². The van der Waals surface area contributed by atoms with Gasteiger partial charge in [-0.25, -0.2) is 0 Å². The molecule has 1 aliphatic rings. The van der Waals surface area contributed by atoms with Crippen LogP contribution < -0.4 is 20.7 Å². The number of anilines is 2. The molecule has 0 aliphatic carbocycles. The normalized spacial score (nSPS) is 12.4. The molecule has 0 unspecified atom stereocenters. The molecule has 1 aliphatic heterocycles. The van der Waals surface area contributed by atoms with Crippen molar-refractivity contribution in [3.8, 4) is 5.75 Å². The second kappa shape index (κ2) is 7.31. The maximum atomic E-state index is 11.1. The molecule has 0 saturated carbocycles. The van der Waals surface area contributed by atoms with Gasteiger partial charge in [0.25, 0.3) is 0 Å². The lowest BCUT2D eigenvalue weighted by Gasteiger charge is -2.28. The Balaban J connectivity index is 0.00000144. The van der Waals surface area contributed by atoms with Crippen LogP contribution in [-0.2, 0) is 4.79 Å². The highest BCUT2D eigenvalue weighted by molar-refractivity contribution is 5.92. The maximum Gasteiger partial charge on any atom is 0.238 e. The molecular weight excluding hydrogens is 277 g/mol. The predicted octanol–water partition coefficient (Wildman–Crippen LogP) is 1.26. The van der Waals surface area contributed by atoms with Crippen LogP contribution in [0.4, 0.5) is 11.4 Å². The van der Waals surface area contributed by atoms with Crippen molar-refractivity contribution in [2.24, 2.45) is 5.73 Å². The molecule has 1 heterocycles. The first-order valence-corrected chi connectivity index (χ1v) is 5.18. The van der Waals surface area contributed by atoms with Gasteiger partial charge in [-0.05, 0) is 18.2 Å². The highest BCUT2D eigenvalue weighted by atomic mass is 35.5. The van der Waals surface area contributed by atoms with E-state index in [0.29, 0.717) is 6.61 Å². The van der Waals surface area contributed by atoms with E-state index in [1.807, 2.05) is 25.2 Å². The Morgan fingerprint density at radius 3 is 2.89 bits per heavy atom. The van der Waals surface area contributed by atoms with Gasteiger partial charge in [0.15, 0.2) is 0 Å². The van der Waals surface area contributed by atoms with Crippen molar-refractivity contribution in [2.75, 3.05) is 37.0 Å². The quantitative estimate of drug-likeness (QED) is 0.861. The Labute approximate surface area is 118 Å². The number of fused-ring (bicyclic) bond motifs is 1. The van der Waals surface area contributed by atoms with Crippen molar-refractivity contribution in [1.82, 2.24) is 0 Å². The summed E-state index contributed by atoms with van der Waals surface area (Å²) in [5.41, 5.74) is 6.97. The number of benzene rings is 1. The third-order valence-corrected chi connectivity index (χ3v) is 2.52. The lowest BCUT2D eigenvalue weighted by molar-refractivity contribution is -0.114. The van der Waals surface area contributed by atoms with Crippen molar-refractivity contribution in [3.63, 3.8) is 0 Å². The lowest BCUT2D eigenvalue weighted by atomic mass is 10.2. The summed E-state index contributed by atoms with van der Waals surface area (Å²) in [4.78, 5) is 13.2. The molecular formula is C11H17Cl2N3O2. The lowest BCUT2D eigenvalue weighted by Crippen LogP contribution is -2.29. The standard InChI is InChI=1S/C11H15N3O2.2ClH/c1-14-4-5-16-10-3-2-8(6-9(10)14)13-11(15)7-12;;/h2-3,6H,4-5,7,12H2,1H3,(H,13,15);2*1H. The number of ether oxygens (including phenoxy) is 1. The predicted molar refractivity (Wildman–Crippen MR) is 77.4 cm³/mol. The third kappa shape index (κ3) is 3.66. The number of rotatable bonds is 2. The van der Waals surface area contributed by atoms with Crippen molar-refractivity contribution in [1.29, 1.82) is 0 Å². The number of hydrogen-bond donors (Lipinski definition) is 2. The number of nitrogens with zero attached hydrogens (tertiary/aromatic N) is 1. The van der Waals surface area contributed by atoms with Gasteiger partial charge in [0.2, 0.25) is 5.91 Å². The van der Waals surface area contributed by atoms with Crippen molar-refractivity contribution in [2.45, 2.75) is 0 Å². The van der Waals surface area contributed by atoms with Crippen LogP contribution >= 0.6 is 24.8 Å². The second-order valence-electron chi connectivity index (χ2n) is 3.70. The Kier molecular flexibility index (Phi) is 6.83. The highest BCUT2D eigenvalue weighted by Gasteiger charge is 2.15. The van der Waals surface area contributed by atoms with Crippen molar-refractivity contribution >= 4 is 42.1 Å². The van der Waals surface area contributed by atoms with E-state index in [2.05, 4.69) is 10.2 Å². The zero-order chi connectivity index (χ0) is 11.5. The number of carbonyl (C=O) groups is 1. The zero-order valence-corrected chi connectivity index (χ0v) is 11.6. The highest BCUT2D eigenvalue weighted by Crippen LogP contribution is 2.32. The van der Waals surface area contributed by atoms with Gasteiger partial charge in [-0.15, -0.1) is 24.8 Å². The van der Waals surface area contributed by atoms with Gasteiger partial charge in [0.1, 0.15) is 12.4 Å². The molecule has 3 N–H and O–H groups in total. The van der Waals surface area contributed by atoms with Crippen LogP contribution in [0.15, 0.2) is 18.2 Å². The molecule has 0 spiro atoms. The van der Waals surface area contributed by atoms with Crippen molar-refractivity contribution < 1.29 is 9.53 Å².